The molecule has 1 heterocycles. The fourth-order valence-electron chi connectivity index (χ4n) is 2.60. The van der Waals surface area contributed by atoms with Gasteiger partial charge in [-0.2, -0.15) is 0 Å². The second kappa shape index (κ2) is 8.58. The van der Waals surface area contributed by atoms with E-state index in [1.165, 1.54) is 17.0 Å². The number of aryl methyl sites for hydroxylation is 1. The molecule has 1 aromatic heterocycles. The molecule has 0 unspecified atom stereocenters. The van der Waals surface area contributed by atoms with Crippen LogP contribution in [0.3, 0.4) is 0 Å². The van der Waals surface area contributed by atoms with Gasteiger partial charge in [0.25, 0.3) is 5.56 Å². The molecule has 0 saturated heterocycles. The van der Waals surface area contributed by atoms with Crippen LogP contribution in [0.5, 0.6) is 5.75 Å². The molecule has 0 saturated carbocycles. The van der Waals surface area contributed by atoms with Crippen LogP contribution in [-0.2, 0) is 0 Å². The zero-order valence-corrected chi connectivity index (χ0v) is 16.2. The molecule has 2 amide bonds. The van der Waals surface area contributed by atoms with Crippen LogP contribution < -0.4 is 20.9 Å². The number of nitrogens with zero attached hydrogens (tertiary/aromatic N) is 2. The third-order valence-electron chi connectivity index (χ3n) is 3.93. The summed E-state index contributed by atoms with van der Waals surface area (Å²) in [5.74, 6) is 0.614. The maximum absolute atomic E-state index is 12.7. The highest BCUT2D eigenvalue weighted by Gasteiger charge is 2.12. The summed E-state index contributed by atoms with van der Waals surface area (Å²) in [5, 5.41) is 5.64. The lowest BCUT2D eigenvalue weighted by Gasteiger charge is -2.12. The predicted molar refractivity (Wildman–Crippen MR) is 110 cm³/mol. The van der Waals surface area contributed by atoms with E-state index in [2.05, 4.69) is 15.6 Å². The number of carbonyl (C=O) groups is 1. The van der Waals surface area contributed by atoms with Crippen LogP contribution in [0.15, 0.2) is 59.7 Å². The van der Waals surface area contributed by atoms with Crippen molar-refractivity contribution in [1.29, 1.82) is 0 Å². The first kappa shape index (κ1) is 19.4. The average molecular weight is 399 g/mol. The highest BCUT2D eigenvalue weighted by molar-refractivity contribution is 6.30. The number of halogens is 1. The third kappa shape index (κ3) is 4.50. The molecule has 0 spiro atoms. The number of anilines is 2. The molecule has 0 fully saturated rings. The van der Waals surface area contributed by atoms with E-state index in [0.29, 0.717) is 28.8 Å². The molecule has 8 heteroatoms. The van der Waals surface area contributed by atoms with Crippen LogP contribution in [0.25, 0.3) is 5.69 Å². The number of carbonyl (C=O) groups excluding carboxylic acids is 1. The van der Waals surface area contributed by atoms with Crippen molar-refractivity contribution in [2.45, 2.75) is 13.8 Å². The summed E-state index contributed by atoms with van der Waals surface area (Å²) >= 11 is 6.04. The fraction of sp³-hybridized carbons (Fsp3) is 0.150. The molecule has 2 N–H and O–H groups in total. The van der Waals surface area contributed by atoms with E-state index in [9.17, 15) is 9.59 Å². The number of rotatable bonds is 5. The zero-order chi connectivity index (χ0) is 20.1. The van der Waals surface area contributed by atoms with Gasteiger partial charge < -0.3 is 10.1 Å². The smallest absolute Gasteiger partial charge is 0.325 e. The van der Waals surface area contributed by atoms with Gasteiger partial charge >= 0.3 is 6.03 Å². The second-order valence-corrected chi connectivity index (χ2v) is 6.35. The van der Waals surface area contributed by atoms with Crippen molar-refractivity contribution in [3.8, 4) is 11.4 Å². The molecule has 144 valence electrons. The Balaban J connectivity index is 1.78. The van der Waals surface area contributed by atoms with E-state index in [0.717, 1.165) is 5.56 Å². The largest absolute Gasteiger partial charge is 0.494 e. The standard InChI is InChI=1S/C20H19ClN4O3/c1-3-28-16-8-6-15(7-9-16)23-20(27)24-18-19(26)25(11-10-22-18)17-12-14(21)5-4-13(17)2/h4-12H,3H2,1-2H3,(H2,22,23,24,27). The Morgan fingerprint density at radius 2 is 1.93 bits per heavy atom. The highest BCUT2D eigenvalue weighted by Crippen LogP contribution is 2.19. The molecule has 0 atom stereocenters. The van der Waals surface area contributed by atoms with Crippen molar-refractivity contribution in [3.63, 3.8) is 0 Å². The average Bonchev–Trinajstić information content (AvgIpc) is 2.67. The van der Waals surface area contributed by atoms with E-state index in [1.807, 2.05) is 19.9 Å². The van der Waals surface area contributed by atoms with Crippen molar-refractivity contribution in [1.82, 2.24) is 9.55 Å². The number of ether oxygens (including phenoxy) is 1. The van der Waals surface area contributed by atoms with Crippen molar-refractivity contribution in [3.05, 3.63) is 75.8 Å². The van der Waals surface area contributed by atoms with Crippen molar-refractivity contribution in [2.75, 3.05) is 17.2 Å². The molecule has 7 nitrogen and oxygen atoms in total. The lowest BCUT2D eigenvalue weighted by atomic mass is 10.2. The van der Waals surface area contributed by atoms with Gasteiger partial charge in [0.1, 0.15) is 5.75 Å². The van der Waals surface area contributed by atoms with Gasteiger partial charge in [0.2, 0.25) is 5.82 Å². The number of aromatic nitrogens is 2. The molecule has 28 heavy (non-hydrogen) atoms. The molecule has 0 aliphatic heterocycles. The Kier molecular flexibility index (Phi) is 5.96. The normalized spacial score (nSPS) is 10.4. The van der Waals surface area contributed by atoms with E-state index < -0.39 is 11.6 Å². The first-order chi connectivity index (χ1) is 13.5. The van der Waals surface area contributed by atoms with E-state index >= 15 is 0 Å². The SMILES string of the molecule is CCOc1ccc(NC(=O)Nc2nccn(-c3cc(Cl)ccc3C)c2=O)cc1. The van der Waals surface area contributed by atoms with E-state index in [1.54, 1.807) is 36.4 Å². The van der Waals surface area contributed by atoms with Crippen molar-refractivity contribution >= 4 is 29.1 Å². The molecule has 0 radical (unpaired) electrons. The van der Waals surface area contributed by atoms with Gasteiger partial charge in [-0.1, -0.05) is 17.7 Å². The topological polar surface area (TPSA) is 85.2 Å². The van der Waals surface area contributed by atoms with Crippen LogP contribution in [0.1, 0.15) is 12.5 Å². The quantitative estimate of drug-likeness (QED) is 0.673. The maximum Gasteiger partial charge on any atom is 0.325 e. The molecule has 3 aromatic rings. The molecule has 0 aliphatic carbocycles. The Bertz CT molecular complexity index is 1050. The molecule has 0 bridgehead atoms. The Morgan fingerprint density at radius 3 is 2.64 bits per heavy atom. The maximum atomic E-state index is 12.7. The van der Waals surface area contributed by atoms with Crippen molar-refractivity contribution < 1.29 is 9.53 Å². The van der Waals surface area contributed by atoms with Gasteiger partial charge in [-0.05, 0) is 55.8 Å². The summed E-state index contributed by atoms with van der Waals surface area (Å²) in [5.41, 5.74) is 1.58. The van der Waals surface area contributed by atoms with E-state index in [4.69, 9.17) is 16.3 Å². The third-order valence-corrected chi connectivity index (χ3v) is 4.16. The van der Waals surface area contributed by atoms with Crippen LogP contribution in [0.4, 0.5) is 16.3 Å². The Hall–Kier alpha value is -3.32. The summed E-state index contributed by atoms with van der Waals surface area (Å²) in [4.78, 5) is 29.0. The Morgan fingerprint density at radius 1 is 1.18 bits per heavy atom. The second-order valence-electron chi connectivity index (χ2n) is 5.92. The highest BCUT2D eigenvalue weighted by atomic mass is 35.5. The van der Waals surface area contributed by atoms with Gasteiger partial charge in [0, 0.05) is 23.1 Å². The minimum Gasteiger partial charge on any atom is -0.494 e. The van der Waals surface area contributed by atoms with Crippen LogP contribution in [0, 0.1) is 6.92 Å². The van der Waals surface area contributed by atoms with Crippen LogP contribution in [-0.4, -0.2) is 22.2 Å². The zero-order valence-electron chi connectivity index (χ0n) is 15.4. The number of hydrogen-bond donors (Lipinski definition) is 2. The molecule has 0 aliphatic rings. The monoisotopic (exact) mass is 398 g/mol. The lowest BCUT2D eigenvalue weighted by molar-refractivity contribution is 0.262. The number of amides is 2. The number of nitrogens with one attached hydrogen (secondary N) is 2. The van der Waals surface area contributed by atoms with Crippen molar-refractivity contribution in [2.24, 2.45) is 0 Å². The minimum atomic E-state index is -0.575. The fourth-order valence-corrected chi connectivity index (χ4v) is 2.77. The Labute approximate surface area is 166 Å². The predicted octanol–water partition coefficient (Wildman–Crippen LogP) is 4.24. The molecule has 3 rings (SSSR count). The van der Waals surface area contributed by atoms with Gasteiger partial charge in [0.05, 0.1) is 12.3 Å². The van der Waals surface area contributed by atoms with Gasteiger partial charge in [-0.15, -0.1) is 0 Å². The minimum absolute atomic E-state index is 0.0923. The summed E-state index contributed by atoms with van der Waals surface area (Å²) in [6.45, 7) is 4.32. The number of urea groups is 1. The number of benzene rings is 2. The van der Waals surface area contributed by atoms with Gasteiger partial charge in [-0.3, -0.25) is 14.7 Å². The summed E-state index contributed by atoms with van der Waals surface area (Å²) < 4.78 is 6.75. The van der Waals surface area contributed by atoms with Crippen LogP contribution >= 0.6 is 11.6 Å². The van der Waals surface area contributed by atoms with Crippen LogP contribution in [0.2, 0.25) is 5.02 Å². The summed E-state index contributed by atoms with van der Waals surface area (Å²) in [6.07, 6.45) is 2.96. The number of hydrogen-bond acceptors (Lipinski definition) is 4. The summed E-state index contributed by atoms with van der Waals surface area (Å²) in [6, 6.07) is 11.6. The molecule has 2 aromatic carbocycles. The van der Waals surface area contributed by atoms with Gasteiger partial charge in [-0.25, -0.2) is 9.78 Å². The van der Waals surface area contributed by atoms with Gasteiger partial charge in [0.15, 0.2) is 0 Å². The molecular weight excluding hydrogens is 380 g/mol. The first-order valence-corrected chi connectivity index (χ1v) is 9.01. The van der Waals surface area contributed by atoms with E-state index in [-0.39, 0.29) is 5.82 Å². The molecular formula is C20H19ClN4O3. The lowest BCUT2D eigenvalue weighted by Crippen LogP contribution is -2.28. The first-order valence-electron chi connectivity index (χ1n) is 8.63. The summed E-state index contributed by atoms with van der Waals surface area (Å²) in [7, 11) is 0.